The van der Waals surface area contributed by atoms with Crippen molar-refractivity contribution in [1.29, 1.82) is 0 Å². The standard InChI is InChI=1S/C24H40N2O6/c1-2-24(22-26-7-11-29-15-19-32-20-16-30-12-8-26)4-3-23(1)21-25-5-9-27-13-17-31-18-14-28-10-6-25/h1-4H,5-22H2. The van der Waals surface area contributed by atoms with E-state index in [1.807, 2.05) is 0 Å². The summed E-state index contributed by atoms with van der Waals surface area (Å²) in [5.41, 5.74) is 2.62. The Balaban J connectivity index is 1.46. The number of hydrogen-bond donors (Lipinski definition) is 0. The fourth-order valence-electron chi connectivity index (χ4n) is 3.66. The van der Waals surface area contributed by atoms with Crippen LogP contribution in [0.2, 0.25) is 0 Å². The summed E-state index contributed by atoms with van der Waals surface area (Å²) in [6, 6.07) is 8.95. The van der Waals surface area contributed by atoms with E-state index in [-0.39, 0.29) is 0 Å². The number of nitrogens with zero attached hydrogens (tertiary/aromatic N) is 2. The average Bonchev–Trinajstić information content (AvgIpc) is 2.79. The second-order valence-corrected chi connectivity index (χ2v) is 8.04. The van der Waals surface area contributed by atoms with Crippen molar-refractivity contribution in [1.82, 2.24) is 9.80 Å². The first kappa shape index (κ1) is 25.5. The van der Waals surface area contributed by atoms with Crippen LogP contribution in [0.25, 0.3) is 0 Å². The maximum Gasteiger partial charge on any atom is 0.0701 e. The van der Waals surface area contributed by atoms with Gasteiger partial charge in [0.25, 0.3) is 0 Å². The van der Waals surface area contributed by atoms with Crippen molar-refractivity contribution in [2.75, 3.05) is 105 Å². The van der Waals surface area contributed by atoms with Gasteiger partial charge in [0.2, 0.25) is 0 Å². The molecule has 0 amide bonds. The largest absolute Gasteiger partial charge is 0.378 e. The highest BCUT2D eigenvalue weighted by Crippen LogP contribution is 2.11. The Bertz CT molecular complexity index is 513. The van der Waals surface area contributed by atoms with Gasteiger partial charge in [0.15, 0.2) is 0 Å². The molecule has 2 fully saturated rings. The van der Waals surface area contributed by atoms with Gasteiger partial charge in [-0.15, -0.1) is 0 Å². The molecular weight excluding hydrogens is 412 g/mol. The molecule has 0 spiro atoms. The quantitative estimate of drug-likeness (QED) is 0.680. The molecular formula is C24H40N2O6. The summed E-state index contributed by atoms with van der Waals surface area (Å²) in [6.07, 6.45) is 0. The second kappa shape index (κ2) is 16.5. The molecule has 1 aromatic rings. The van der Waals surface area contributed by atoms with Crippen LogP contribution in [0.1, 0.15) is 11.1 Å². The van der Waals surface area contributed by atoms with E-state index in [9.17, 15) is 0 Å². The van der Waals surface area contributed by atoms with Gasteiger partial charge in [0.05, 0.1) is 79.3 Å². The van der Waals surface area contributed by atoms with Crippen LogP contribution in [0.4, 0.5) is 0 Å². The molecule has 0 bridgehead atoms. The highest BCUT2D eigenvalue weighted by molar-refractivity contribution is 5.22. The maximum atomic E-state index is 5.69. The average molecular weight is 453 g/mol. The Labute approximate surface area is 192 Å². The van der Waals surface area contributed by atoms with Gasteiger partial charge in [-0.2, -0.15) is 0 Å². The van der Waals surface area contributed by atoms with Crippen LogP contribution in [0, 0.1) is 0 Å². The smallest absolute Gasteiger partial charge is 0.0701 e. The summed E-state index contributed by atoms with van der Waals surface area (Å²) < 4.78 is 33.6. The highest BCUT2D eigenvalue weighted by atomic mass is 16.5. The monoisotopic (exact) mass is 452 g/mol. The Kier molecular flexibility index (Phi) is 13.2. The van der Waals surface area contributed by atoms with Crippen LogP contribution in [-0.4, -0.2) is 115 Å². The van der Waals surface area contributed by atoms with Gasteiger partial charge < -0.3 is 28.4 Å². The predicted octanol–water partition coefficient (Wildman–Crippen LogP) is 1.42. The van der Waals surface area contributed by atoms with Crippen molar-refractivity contribution in [3.05, 3.63) is 35.4 Å². The van der Waals surface area contributed by atoms with Crippen LogP contribution in [0.3, 0.4) is 0 Å². The molecule has 0 N–H and O–H groups in total. The topological polar surface area (TPSA) is 61.9 Å². The number of ether oxygens (including phenoxy) is 6. The molecule has 2 aliphatic rings. The van der Waals surface area contributed by atoms with E-state index in [0.29, 0.717) is 79.3 Å². The summed E-state index contributed by atoms with van der Waals surface area (Å²) >= 11 is 0. The summed E-state index contributed by atoms with van der Waals surface area (Å²) in [4.78, 5) is 4.79. The van der Waals surface area contributed by atoms with E-state index in [2.05, 4.69) is 34.1 Å². The lowest BCUT2D eigenvalue weighted by atomic mass is 10.1. The Morgan fingerprint density at radius 3 is 0.938 bits per heavy atom. The highest BCUT2D eigenvalue weighted by Gasteiger charge is 2.10. The minimum absolute atomic E-state index is 0.633. The maximum absolute atomic E-state index is 5.69. The van der Waals surface area contributed by atoms with E-state index < -0.39 is 0 Å². The number of rotatable bonds is 4. The van der Waals surface area contributed by atoms with E-state index in [1.165, 1.54) is 11.1 Å². The normalized spacial score (nSPS) is 22.8. The van der Waals surface area contributed by atoms with Gasteiger partial charge in [-0.3, -0.25) is 9.80 Å². The van der Waals surface area contributed by atoms with Crippen LogP contribution < -0.4 is 0 Å². The van der Waals surface area contributed by atoms with Crippen molar-refractivity contribution in [2.24, 2.45) is 0 Å². The van der Waals surface area contributed by atoms with Crippen molar-refractivity contribution in [2.45, 2.75) is 13.1 Å². The molecule has 3 rings (SSSR count). The van der Waals surface area contributed by atoms with E-state index in [1.54, 1.807) is 0 Å². The summed E-state index contributed by atoms with van der Waals surface area (Å²) in [5, 5.41) is 0. The first-order valence-electron chi connectivity index (χ1n) is 11.9. The third kappa shape index (κ3) is 11.2. The van der Waals surface area contributed by atoms with Crippen LogP contribution >= 0.6 is 0 Å². The van der Waals surface area contributed by atoms with Gasteiger partial charge in [-0.05, 0) is 11.1 Å². The summed E-state index contributed by atoms with van der Waals surface area (Å²) in [7, 11) is 0. The lowest BCUT2D eigenvalue weighted by Gasteiger charge is -2.24. The van der Waals surface area contributed by atoms with Crippen molar-refractivity contribution >= 4 is 0 Å². The molecule has 0 radical (unpaired) electrons. The molecule has 0 atom stereocenters. The van der Waals surface area contributed by atoms with E-state index >= 15 is 0 Å². The molecule has 0 unspecified atom stereocenters. The fraction of sp³-hybridized carbons (Fsp3) is 0.750. The molecule has 182 valence electrons. The third-order valence-corrected chi connectivity index (χ3v) is 5.53. The van der Waals surface area contributed by atoms with Crippen LogP contribution in [0.15, 0.2) is 24.3 Å². The zero-order valence-corrected chi connectivity index (χ0v) is 19.4. The predicted molar refractivity (Wildman–Crippen MR) is 122 cm³/mol. The molecule has 8 nitrogen and oxygen atoms in total. The molecule has 2 aliphatic heterocycles. The molecule has 0 saturated carbocycles. The minimum atomic E-state index is 0.633. The molecule has 2 heterocycles. The van der Waals surface area contributed by atoms with E-state index in [4.69, 9.17) is 28.4 Å². The van der Waals surface area contributed by atoms with Gasteiger partial charge in [0, 0.05) is 39.3 Å². The lowest BCUT2D eigenvalue weighted by molar-refractivity contribution is -0.00702. The van der Waals surface area contributed by atoms with Crippen LogP contribution in [0.5, 0.6) is 0 Å². The Hall–Kier alpha value is -1.10. The zero-order valence-electron chi connectivity index (χ0n) is 19.4. The Morgan fingerprint density at radius 1 is 0.406 bits per heavy atom. The second-order valence-electron chi connectivity index (χ2n) is 8.04. The molecule has 0 aliphatic carbocycles. The first-order chi connectivity index (χ1) is 15.9. The minimum Gasteiger partial charge on any atom is -0.378 e. The van der Waals surface area contributed by atoms with Gasteiger partial charge in [0.1, 0.15) is 0 Å². The zero-order chi connectivity index (χ0) is 22.1. The van der Waals surface area contributed by atoms with Crippen molar-refractivity contribution in [3.8, 4) is 0 Å². The molecule has 1 aromatic carbocycles. The van der Waals surface area contributed by atoms with Crippen molar-refractivity contribution < 1.29 is 28.4 Å². The SMILES string of the molecule is c1cc(CN2CCOCCOCCOCC2)ccc1CN1CCOCCOCCOCC1. The number of benzene rings is 1. The van der Waals surface area contributed by atoms with Gasteiger partial charge >= 0.3 is 0 Å². The molecule has 0 aromatic heterocycles. The van der Waals surface area contributed by atoms with Crippen molar-refractivity contribution in [3.63, 3.8) is 0 Å². The van der Waals surface area contributed by atoms with E-state index in [0.717, 1.165) is 39.3 Å². The first-order valence-corrected chi connectivity index (χ1v) is 11.9. The van der Waals surface area contributed by atoms with Crippen LogP contribution in [-0.2, 0) is 41.5 Å². The third-order valence-electron chi connectivity index (χ3n) is 5.53. The lowest BCUT2D eigenvalue weighted by Crippen LogP contribution is -2.32. The summed E-state index contributed by atoms with van der Waals surface area (Å²) in [6.45, 7) is 13.3. The van der Waals surface area contributed by atoms with Gasteiger partial charge in [-0.25, -0.2) is 0 Å². The summed E-state index contributed by atoms with van der Waals surface area (Å²) in [5.74, 6) is 0. The Morgan fingerprint density at radius 2 is 0.656 bits per heavy atom. The molecule has 32 heavy (non-hydrogen) atoms. The fourth-order valence-corrected chi connectivity index (χ4v) is 3.66. The molecule has 2 saturated heterocycles. The molecule has 8 heteroatoms. The van der Waals surface area contributed by atoms with Gasteiger partial charge in [-0.1, -0.05) is 24.3 Å². The number of hydrogen-bond acceptors (Lipinski definition) is 8.